The Morgan fingerprint density at radius 1 is 0.971 bits per heavy atom. The molecule has 0 aromatic heterocycles. The summed E-state index contributed by atoms with van der Waals surface area (Å²) in [6.45, 7) is -0.162. The van der Waals surface area contributed by atoms with Crippen molar-refractivity contribution in [1.82, 2.24) is 10.6 Å². The van der Waals surface area contributed by atoms with E-state index in [-0.39, 0.29) is 25.6 Å². The average Bonchev–Trinajstić information content (AvgIpc) is 3.16. The molecule has 8 nitrogen and oxygen atoms in total. The van der Waals surface area contributed by atoms with Gasteiger partial charge in [0.15, 0.2) is 0 Å². The molecule has 34 heavy (non-hydrogen) atoms. The summed E-state index contributed by atoms with van der Waals surface area (Å²) in [4.78, 5) is 36.8. The lowest BCUT2D eigenvalue weighted by atomic mass is 9.83. The predicted molar refractivity (Wildman–Crippen MR) is 125 cm³/mol. The monoisotopic (exact) mass is 466 g/mol. The van der Waals surface area contributed by atoms with Gasteiger partial charge in [-0.15, -0.1) is 0 Å². The summed E-state index contributed by atoms with van der Waals surface area (Å²) >= 11 is 0. The third-order valence-corrected chi connectivity index (χ3v) is 6.78. The van der Waals surface area contributed by atoms with Gasteiger partial charge in [-0.1, -0.05) is 61.4 Å². The van der Waals surface area contributed by atoms with Gasteiger partial charge in [-0.3, -0.25) is 4.79 Å². The van der Waals surface area contributed by atoms with Gasteiger partial charge in [0.1, 0.15) is 12.6 Å². The van der Waals surface area contributed by atoms with Gasteiger partial charge in [0, 0.05) is 25.0 Å². The number of fused-ring (bicyclic) bond motifs is 3. The number of aliphatic hydroxyl groups is 1. The van der Waals surface area contributed by atoms with E-state index in [0.717, 1.165) is 35.1 Å². The lowest BCUT2D eigenvalue weighted by molar-refractivity contribution is -0.143. The van der Waals surface area contributed by atoms with Gasteiger partial charge in [-0.05, 0) is 35.1 Å². The van der Waals surface area contributed by atoms with Crippen LogP contribution in [0.25, 0.3) is 11.1 Å². The van der Waals surface area contributed by atoms with Crippen molar-refractivity contribution in [3.63, 3.8) is 0 Å². The van der Waals surface area contributed by atoms with Crippen molar-refractivity contribution in [3.8, 4) is 11.1 Å². The minimum Gasteiger partial charge on any atom is -0.480 e. The maximum absolute atomic E-state index is 12.8. The minimum absolute atomic E-state index is 0.0570. The van der Waals surface area contributed by atoms with E-state index < -0.39 is 36.0 Å². The molecule has 0 unspecified atom stereocenters. The standard InChI is InChI=1S/C26H30N2O6/c29-14-13-23(25(31)32)27-24(30)20-11-5-6-12-22(20)28-26(33)34-15-21-18-9-3-1-7-16(18)17-8-2-4-10-19(17)21/h1-4,7-10,20-23,29H,5-6,11-15H2,(H,27,30)(H,28,33)(H,31,32)/t20-,22+,23-/m1/s1. The number of hydrogen-bond acceptors (Lipinski definition) is 5. The highest BCUT2D eigenvalue weighted by molar-refractivity contribution is 5.86. The number of nitrogens with one attached hydrogen (secondary N) is 2. The van der Waals surface area contributed by atoms with Crippen LogP contribution in [0, 0.1) is 5.92 Å². The van der Waals surface area contributed by atoms with Crippen molar-refractivity contribution in [1.29, 1.82) is 0 Å². The van der Waals surface area contributed by atoms with Crippen LogP contribution < -0.4 is 10.6 Å². The molecule has 4 rings (SSSR count). The van der Waals surface area contributed by atoms with Gasteiger partial charge in [0.2, 0.25) is 5.91 Å². The molecule has 0 bridgehead atoms. The van der Waals surface area contributed by atoms with Gasteiger partial charge in [0.05, 0.1) is 5.92 Å². The van der Waals surface area contributed by atoms with E-state index in [1.807, 2.05) is 36.4 Å². The Labute approximate surface area is 198 Å². The zero-order chi connectivity index (χ0) is 24.1. The topological polar surface area (TPSA) is 125 Å². The maximum atomic E-state index is 12.8. The lowest BCUT2D eigenvalue weighted by Crippen LogP contribution is -2.52. The second-order valence-corrected chi connectivity index (χ2v) is 8.88. The fourth-order valence-corrected chi connectivity index (χ4v) is 5.07. The van der Waals surface area contributed by atoms with Crippen LogP contribution >= 0.6 is 0 Å². The van der Waals surface area contributed by atoms with Gasteiger partial charge < -0.3 is 25.6 Å². The number of ether oxygens (including phenoxy) is 1. The second kappa shape index (κ2) is 10.7. The van der Waals surface area contributed by atoms with Crippen LogP contribution in [0.4, 0.5) is 4.79 Å². The van der Waals surface area contributed by atoms with Crippen LogP contribution in [-0.4, -0.2) is 53.5 Å². The van der Waals surface area contributed by atoms with Crippen LogP contribution in [0.5, 0.6) is 0 Å². The Balaban J connectivity index is 1.38. The number of hydrogen-bond donors (Lipinski definition) is 4. The van der Waals surface area contributed by atoms with E-state index in [1.165, 1.54) is 0 Å². The third-order valence-electron chi connectivity index (χ3n) is 6.78. The number of carboxylic acid groups (broad SMARTS) is 1. The number of amides is 2. The van der Waals surface area contributed by atoms with E-state index >= 15 is 0 Å². The molecule has 180 valence electrons. The Hall–Kier alpha value is -3.39. The van der Waals surface area contributed by atoms with Crippen molar-refractivity contribution >= 4 is 18.0 Å². The number of aliphatic carboxylic acids is 1. The molecule has 0 spiro atoms. The quantitative estimate of drug-likeness (QED) is 0.474. The second-order valence-electron chi connectivity index (χ2n) is 8.88. The van der Waals surface area contributed by atoms with Crippen LogP contribution in [-0.2, 0) is 14.3 Å². The van der Waals surface area contributed by atoms with Crippen LogP contribution in [0.3, 0.4) is 0 Å². The summed E-state index contributed by atoms with van der Waals surface area (Å²) in [6, 6.07) is 14.6. The molecule has 8 heteroatoms. The van der Waals surface area contributed by atoms with Gasteiger partial charge in [0.25, 0.3) is 0 Å². The van der Waals surface area contributed by atoms with Crippen LogP contribution in [0.1, 0.15) is 49.1 Å². The van der Waals surface area contributed by atoms with E-state index in [2.05, 4.69) is 22.8 Å². The summed E-state index contributed by atoms with van der Waals surface area (Å²) < 4.78 is 5.62. The van der Waals surface area contributed by atoms with Crippen molar-refractivity contribution in [2.24, 2.45) is 5.92 Å². The lowest BCUT2D eigenvalue weighted by Gasteiger charge is -2.31. The molecule has 3 atom stereocenters. The number of carbonyl (C=O) groups is 3. The summed E-state index contributed by atoms with van der Waals surface area (Å²) in [5, 5.41) is 23.7. The number of benzene rings is 2. The van der Waals surface area contributed by atoms with Crippen molar-refractivity contribution in [2.75, 3.05) is 13.2 Å². The first-order chi connectivity index (χ1) is 16.5. The number of rotatable bonds is 8. The van der Waals surface area contributed by atoms with E-state index in [4.69, 9.17) is 9.84 Å². The van der Waals surface area contributed by atoms with Crippen molar-refractivity contribution < 1.29 is 29.3 Å². The Bertz CT molecular complexity index is 1010. The summed E-state index contributed by atoms with van der Waals surface area (Å²) in [6.07, 6.45) is 2.18. The highest BCUT2D eigenvalue weighted by Gasteiger charge is 2.35. The zero-order valence-corrected chi connectivity index (χ0v) is 18.9. The number of carboxylic acids is 1. The number of alkyl carbamates (subject to hydrolysis) is 1. The molecule has 0 radical (unpaired) electrons. The first-order valence-electron chi connectivity index (χ1n) is 11.7. The first kappa shape index (κ1) is 23.8. The highest BCUT2D eigenvalue weighted by Crippen LogP contribution is 2.44. The molecule has 0 aliphatic heterocycles. The molecule has 1 fully saturated rings. The zero-order valence-electron chi connectivity index (χ0n) is 18.9. The normalized spacial score (nSPS) is 20.0. The third kappa shape index (κ3) is 5.07. The van der Waals surface area contributed by atoms with Crippen molar-refractivity contribution in [2.45, 2.75) is 50.1 Å². The van der Waals surface area contributed by atoms with E-state index in [0.29, 0.717) is 12.8 Å². The Kier molecular flexibility index (Phi) is 7.47. The van der Waals surface area contributed by atoms with E-state index in [1.54, 1.807) is 0 Å². The van der Waals surface area contributed by atoms with Crippen LogP contribution in [0.15, 0.2) is 48.5 Å². The Morgan fingerprint density at radius 2 is 1.59 bits per heavy atom. The van der Waals surface area contributed by atoms with Gasteiger partial charge in [-0.2, -0.15) is 0 Å². The highest BCUT2D eigenvalue weighted by atomic mass is 16.5. The largest absolute Gasteiger partial charge is 0.480 e. The van der Waals surface area contributed by atoms with Gasteiger partial charge >= 0.3 is 12.1 Å². The van der Waals surface area contributed by atoms with E-state index in [9.17, 15) is 19.5 Å². The molecule has 1 saturated carbocycles. The molecule has 2 aromatic rings. The summed E-state index contributed by atoms with van der Waals surface area (Å²) in [5.41, 5.74) is 4.53. The smallest absolute Gasteiger partial charge is 0.407 e. The average molecular weight is 467 g/mol. The molecular weight excluding hydrogens is 436 g/mol. The van der Waals surface area contributed by atoms with Crippen LogP contribution in [0.2, 0.25) is 0 Å². The maximum Gasteiger partial charge on any atom is 0.407 e. The molecule has 4 N–H and O–H groups in total. The molecule has 2 aliphatic carbocycles. The fourth-order valence-electron chi connectivity index (χ4n) is 5.07. The molecule has 2 aromatic carbocycles. The predicted octanol–water partition coefficient (Wildman–Crippen LogP) is 3.04. The summed E-state index contributed by atoms with van der Waals surface area (Å²) in [5.74, 6) is -2.23. The SMILES string of the molecule is O=C(N[C@H]1CCCC[C@H]1C(=O)N[C@H](CCO)C(=O)O)OCC1c2ccccc2-c2ccccc21. The molecular formula is C26H30N2O6. The summed E-state index contributed by atoms with van der Waals surface area (Å²) in [7, 11) is 0. The van der Waals surface area contributed by atoms with Gasteiger partial charge in [-0.25, -0.2) is 9.59 Å². The molecule has 0 heterocycles. The number of carbonyl (C=O) groups excluding carboxylic acids is 2. The fraction of sp³-hybridized carbons (Fsp3) is 0.423. The number of aliphatic hydroxyl groups excluding tert-OH is 1. The first-order valence-corrected chi connectivity index (χ1v) is 11.7. The molecule has 0 saturated heterocycles. The molecule has 2 amide bonds. The van der Waals surface area contributed by atoms with Crippen molar-refractivity contribution in [3.05, 3.63) is 59.7 Å². The molecule has 2 aliphatic rings. The Morgan fingerprint density at radius 3 is 2.21 bits per heavy atom. The minimum atomic E-state index is -1.20.